The first kappa shape index (κ1) is 13.3. The van der Waals surface area contributed by atoms with Crippen LogP contribution in [-0.2, 0) is 16.4 Å². The van der Waals surface area contributed by atoms with E-state index in [4.69, 9.17) is 0 Å². The van der Waals surface area contributed by atoms with Gasteiger partial charge in [0.15, 0.2) is 9.84 Å². The van der Waals surface area contributed by atoms with Crippen LogP contribution < -0.4 is 5.32 Å². The van der Waals surface area contributed by atoms with Crippen molar-refractivity contribution in [3.63, 3.8) is 0 Å². The quantitative estimate of drug-likeness (QED) is 0.908. The van der Waals surface area contributed by atoms with Crippen LogP contribution >= 0.6 is 0 Å². The lowest BCUT2D eigenvalue weighted by molar-refractivity contribution is 0.590. The normalized spacial score (nSPS) is 21.6. The van der Waals surface area contributed by atoms with Gasteiger partial charge in [0.25, 0.3) is 0 Å². The van der Waals surface area contributed by atoms with Crippen LogP contribution in [-0.4, -0.2) is 20.2 Å². The Morgan fingerprint density at radius 3 is 2.44 bits per heavy atom. The molecule has 0 radical (unpaired) electrons. The zero-order valence-corrected chi connectivity index (χ0v) is 11.6. The molecule has 0 aliphatic carbocycles. The van der Waals surface area contributed by atoms with Crippen LogP contribution in [0.25, 0.3) is 0 Å². The van der Waals surface area contributed by atoms with Gasteiger partial charge in [-0.1, -0.05) is 44.2 Å². The molecule has 1 N–H and O–H groups in total. The van der Waals surface area contributed by atoms with Gasteiger partial charge in [-0.15, -0.1) is 0 Å². The molecule has 4 heteroatoms. The molecule has 1 aromatic rings. The minimum atomic E-state index is -2.96. The first-order valence-corrected chi connectivity index (χ1v) is 7.91. The molecular weight excluding hydrogens is 246 g/mol. The fraction of sp³-hybridized carbons (Fsp3) is 0.429. The average molecular weight is 265 g/mol. The topological polar surface area (TPSA) is 46.2 Å². The minimum absolute atomic E-state index is 0.0558. The van der Waals surface area contributed by atoms with Crippen molar-refractivity contribution in [3.8, 4) is 0 Å². The van der Waals surface area contributed by atoms with Gasteiger partial charge in [0.2, 0.25) is 0 Å². The van der Waals surface area contributed by atoms with Crippen LogP contribution in [0.1, 0.15) is 30.9 Å². The molecule has 3 nitrogen and oxygen atoms in total. The first-order chi connectivity index (χ1) is 8.46. The van der Waals surface area contributed by atoms with Gasteiger partial charge in [-0.2, -0.15) is 0 Å². The summed E-state index contributed by atoms with van der Waals surface area (Å²) >= 11 is 0. The maximum Gasteiger partial charge on any atom is 0.173 e. The molecule has 0 saturated carbocycles. The first-order valence-electron chi connectivity index (χ1n) is 6.19. The number of hydrogen-bond acceptors (Lipinski definition) is 3. The van der Waals surface area contributed by atoms with E-state index < -0.39 is 9.84 Å². The largest absolute Gasteiger partial charge is 0.305 e. The molecule has 1 heterocycles. The molecule has 2 rings (SSSR count). The number of benzene rings is 1. The van der Waals surface area contributed by atoms with Gasteiger partial charge in [-0.05, 0) is 17.0 Å². The molecule has 1 aromatic carbocycles. The van der Waals surface area contributed by atoms with Gasteiger partial charge in [-0.25, -0.2) is 8.42 Å². The lowest BCUT2D eigenvalue weighted by Crippen LogP contribution is -2.29. The van der Waals surface area contributed by atoms with Gasteiger partial charge in [0, 0.05) is 18.0 Å². The molecule has 0 fully saturated rings. The average Bonchev–Trinajstić information content (AvgIpc) is 2.67. The van der Waals surface area contributed by atoms with Crippen LogP contribution in [0.5, 0.6) is 0 Å². The lowest BCUT2D eigenvalue weighted by atomic mass is 10.0. The van der Waals surface area contributed by atoms with Crippen molar-refractivity contribution >= 4 is 9.84 Å². The van der Waals surface area contributed by atoms with Gasteiger partial charge >= 0.3 is 0 Å². The van der Waals surface area contributed by atoms with E-state index in [1.807, 2.05) is 0 Å². The van der Waals surface area contributed by atoms with Crippen molar-refractivity contribution in [2.45, 2.75) is 32.4 Å². The summed E-state index contributed by atoms with van der Waals surface area (Å²) in [6.45, 7) is 5.03. The van der Waals surface area contributed by atoms with Crippen LogP contribution in [0, 0.1) is 0 Å². The molecule has 18 heavy (non-hydrogen) atoms. The third-order valence-electron chi connectivity index (χ3n) is 3.14. The Balaban J connectivity index is 1.90. The Bertz CT molecular complexity index is 529. The molecule has 0 aromatic heterocycles. The van der Waals surface area contributed by atoms with E-state index in [0.717, 1.165) is 0 Å². The van der Waals surface area contributed by atoms with Crippen LogP contribution in [0.2, 0.25) is 0 Å². The summed E-state index contributed by atoms with van der Waals surface area (Å²) in [5.41, 5.74) is 2.50. The summed E-state index contributed by atoms with van der Waals surface area (Å²) in [7, 11) is -2.96. The summed E-state index contributed by atoms with van der Waals surface area (Å²) in [6.07, 6.45) is 1.72. The second kappa shape index (κ2) is 5.24. The van der Waals surface area contributed by atoms with Crippen LogP contribution in [0.4, 0.5) is 0 Å². The van der Waals surface area contributed by atoms with E-state index >= 15 is 0 Å². The summed E-state index contributed by atoms with van der Waals surface area (Å²) in [6, 6.07) is 8.39. The monoisotopic (exact) mass is 265 g/mol. The van der Waals surface area contributed by atoms with Crippen molar-refractivity contribution in [2.24, 2.45) is 0 Å². The highest BCUT2D eigenvalue weighted by Gasteiger charge is 2.20. The Hall–Kier alpha value is -1.13. The molecule has 0 bridgehead atoms. The highest BCUT2D eigenvalue weighted by molar-refractivity contribution is 7.94. The lowest BCUT2D eigenvalue weighted by Gasteiger charge is -2.11. The van der Waals surface area contributed by atoms with Crippen molar-refractivity contribution < 1.29 is 8.42 Å². The van der Waals surface area contributed by atoms with Gasteiger partial charge in [-0.3, -0.25) is 0 Å². The molecule has 1 atom stereocenters. The summed E-state index contributed by atoms with van der Waals surface area (Å²) in [5, 5.41) is 4.53. The molecule has 0 amide bonds. The van der Waals surface area contributed by atoms with E-state index in [9.17, 15) is 8.42 Å². The van der Waals surface area contributed by atoms with Gasteiger partial charge in [0.1, 0.15) is 0 Å². The second-order valence-electron chi connectivity index (χ2n) is 5.04. The highest BCUT2D eigenvalue weighted by Crippen LogP contribution is 2.15. The molecule has 1 unspecified atom stereocenters. The highest BCUT2D eigenvalue weighted by atomic mass is 32.2. The van der Waals surface area contributed by atoms with Gasteiger partial charge in [0.05, 0.1) is 5.75 Å². The van der Waals surface area contributed by atoms with Crippen molar-refractivity contribution in [2.75, 3.05) is 5.75 Å². The van der Waals surface area contributed by atoms with Crippen molar-refractivity contribution in [1.82, 2.24) is 5.32 Å². The smallest absolute Gasteiger partial charge is 0.173 e. The van der Waals surface area contributed by atoms with E-state index in [1.54, 1.807) is 6.08 Å². The Kier molecular flexibility index (Phi) is 3.88. The third kappa shape index (κ3) is 3.43. The molecule has 1 aliphatic rings. The van der Waals surface area contributed by atoms with E-state index in [-0.39, 0.29) is 11.8 Å². The number of nitrogens with one attached hydrogen (secondary N) is 1. The molecule has 1 aliphatic heterocycles. The van der Waals surface area contributed by atoms with Gasteiger partial charge < -0.3 is 5.32 Å². The maximum absolute atomic E-state index is 11.2. The summed E-state index contributed by atoms with van der Waals surface area (Å²) in [5.74, 6) is 0.715. The fourth-order valence-corrected chi connectivity index (χ4v) is 3.24. The predicted molar refractivity (Wildman–Crippen MR) is 74.1 cm³/mol. The standard InChI is InChI=1S/C14H19NO2S/c1-11(2)13-5-3-12(4-6-13)9-15-14-7-8-18(16,17)10-14/h3-8,11,14-15H,9-10H2,1-2H3. The molecule has 0 saturated heterocycles. The predicted octanol–water partition coefficient (Wildman–Crippen LogP) is 2.21. The second-order valence-corrected chi connectivity index (χ2v) is 6.97. The molecular formula is C14H19NO2S. The van der Waals surface area contributed by atoms with E-state index in [2.05, 4.69) is 43.4 Å². The van der Waals surface area contributed by atoms with Crippen molar-refractivity contribution in [1.29, 1.82) is 0 Å². The summed E-state index contributed by atoms with van der Waals surface area (Å²) < 4.78 is 22.5. The summed E-state index contributed by atoms with van der Waals surface area (Å²) in [4.78, 5) is 0. The minimum Gasteiger partial charge on any atom is -0.305 e. The third-order valence-corrected chi connectivity index (χ3v) is 4.54. The Morgan fingerprint density at radius 1 is 1.28 bits per heavy atom. The Labute approximate surface area is 109 Å². The zero-order chi connectivity index (χ0) is 13.2. The zero-order valence-electron chi connectivity index (χ0n) is 10.8. The van der Waals surface area contributed by atoms with Crippen LogP contribution in [0.3, 0.4) is 0 Å². The number of rotatable bonds is 4. The fourth-order valence-electron chi connectivity index (χ4n) is 1.97. The molecule has 0 spiro atoms. The van der Waals surface area contributed by atoms with Crippen LogP contribution in [0.15, 0.2) is 35.7 Å². The Morgan fingerprint density at radius 2 is 1.94 bits per heavy atom. The van der Waals surface area contributed by atoms with E-state index in [1.165, 1.54) is 16.5 Å². The van der Waals surface area contributed by atoms with Crippen molar-refractivity contribution in [3.05, 3.63) is 46.9 Å². The molecule has 98 valence electrons. The number of hydrogen-bond donors (Lipinski definition) is 1. The maximum atomic E-state index is 11.2. The SMILES string of the molecule is CC(C)c1ccc(CNC2C=CS(=O)(=O)C2)cc1. The number of sulfone groups is 1. The van der Waals surface area contributed by atoms with E-state index in [0.29, 0.717) is 12.5 Å².